The molecule has 2 aliphatic heterocycles. The first kappa shape index (κ1) is 16.3. The van der Waals surface area contributed by atoms with Crippen molar-refractivity contribution in [1.82, 2.24) is 14.4 Å². The molecular weight excluding hydrogens is 326 g/mol. The molecule has 134 valence electrons. The molecule has 2 aromatic rings. The Morgan fingerprint density at radius 3 is 3.00 bits per heavy atom. The van der Waals surface area contributed by atoms with Gasteiger partial charge in [-0.05, 0) is 20.3 Å². The van der Waals surface area contributed by atoms with Gasteiger partial charge in [-0.15, -0.1) is 0 Å². The lowest BCUT2D eigenvalue weighted by Gasteiger charge is -2.29. The summed E-state index contributed by atoms with van der Waals surface area (Å²) in [4.78, 5) is 21.1. The van der Waals surface area contributed by atoms with E-state index in [1.165, 1.54) is 7.11 Å². The Bertz CT molecular complexity index is 814. The van der Waals surface area contributed by atoms with Crippen LogP contribution in [0.15, 0.2) is 12.4 Å². The van der Waals surface area contributed by atoms with E-state index in [-0.39, 0.29) is 23.7 Å². The second kappa shape index (κ2) is 5.96. The highest BCUT2D eigenvalue weighted by molar-refractivity contribution is 5.91. The van der Waals surface area contributed by atoms with Gasteiger partial charge in [-0.1, -0.05) is 0 Å². The lowest BCUT2D eigenvalue weighted by molar-refractivity contribution is -0.0597. The number of aromatic nitrogens is 3. The van der Waals surface area contributed by atoms with Gasteiger partial charge in [-0.25, -0.2) is 9.78 Å². The van der Waals surface area contributed by atoms with Gasteiger partial charge in [0.2, 0.25) is 11.7 Å². The average Bonchev–Trinajstić information content (AvgIpc) is 3.14. The summed E-state index contributed by atoms with van der Waals surface area (Å²) in [6, 6.07) is 0. The van der Waals surface area contributed by atoms with E-state index in [9.17, 15) is 4.79 Å². The molecule has 4 rings (SSSR count). The predicted octanol–water partition coefficient (Wildman–Crippen LogP) is 1.71. The zero-order valence-electron chi connectivity index (χ0n) is 14.5. The minimum Gasteiger partial charge on any atom is -0.474 e. The summed E-state index contributed by atoms with van der Waals surface area (Å²) in [5.41, 5.74) is 0.496. The summed E-state index contributed by atoms with van der Waals surface area (Å²) in [6.45, 7) is 4.88. The molecule has 2 fully saturated rings. The Labute approximate surface area is 145 Å². The molecule has 2 saturated heterocycles. The molecule has 2 atom stereocenters. The van der Waals surface area contributed by atoms with Gasteiger partial charge >= 0.3 is 5.97 Å². The third kappa shape index (κ3) is 2.75. The topological polar surface area (TPSA) is 84.2 Å². The van der Waals surface area contributed by atoms with Crippen LogP contribution < -0.4 is 4.74 Å². The molecule has 0 N–H and O–H groups in total. The van der Waals surface area contributed by atoms with Crippen molar-refractivity contribution in [2.24, 2.45) is 0 Å². The van der Waals surface area contributed by atoms with Crippen molar-refractivity contribution in [1.29, 1.82) is 0 Å². The van der Waals surface area contributed by atoms with Crippen molar-refractivity contribution in [3.8, 4) is 5.88 Å². The first-order valence-electron chi connectivity index (χ1n) is 8.41. The zero-order chi connectivity index (χ0) is 17.6. The maximum atomic E-state index is 12.1. The number of nitrogens with zero attached hydrogens (tertiary/aromatic N) is 3. The van der Waals surface area contributed by atoms with Crippen LogP contribution in [0, 0.1) is 0 Å². The number of carbonyl (C=O) groups excluding carboxylic acids is 1. The smallest absolute Gasteiger partial charge is 0.344 e. The largest absolute Gasteiger partial charge is 0.474 e. The highest BCUT2D eigenvalue weighted by Gasteiger charge is 2.47. The van der Waals surface area contributed by atoms with E-state index in [4.69, 9.17) is 18.9 Å². The summed E-state index contributed by atoms with van der Waals surface area (Å²) in [6.07, 6.45) is 5.26. The van der Waals surface area contributed by atoms with Crippen LogP contribution in [-0.2, 0) is 19.8 Å². The number of fused-ring (bicyclic) bond motifs is 3. The van der Waals surface area contributed by atoms with Crippen molar-refractivity contribution >= 4 is 11.7 Å². The maximum Gasteiger partial charge on any atom is 0.344 e. The molecule has 0 aromatic carbocycles. The summed E-state index contributed by atoms with van der Waals surface area (Å²) in [5, 5.41) is 0. The van der Waals surface area contributed by atoms with E-state index in [0.717, 1.165) is 18.5 Å². The van der Waals surface area contributed by atoms with E-state index < -0.39 is 11.6 Å². The molecule has 2 aliphatic rings. The lowest BCUT2D eigenvalue weighted by Crippen LogP contribution is -2.34. The van der Waals surface area contributed by atoms with E-state index >= 15 is 0 Å². The Balaban J connectivity index is 1.78. The quantitative estimate of drug-likeness (QED) is 0.778. The second-order valence-corrected chi connectivity index (χ2v) is 6.72. The van der Waals surface area contributed by atoms with Crippen LogP contribution in [-0.4, -0.2) is 52.9 Å². The zero-order valence-corrected chi connectivity index (χ0v) is 14.5. The third-order valence-electron chi connectivity index (χ3n) is 4.56. The predicted molar refractivity (Wildman–Crippen MR) is 86.7 cm³/mol. The maximum absolute atomic E-state index is 12.1. The standard InChI is InChI=1S/C17H21N3O5/c1-10(2)25-14-12(15(21)22-3)7-20-8-13(18-16(20)19-14)17-6-11(23-9-17)4-5-24-17/h7-8,10-11H,4-6,9H2,1-3H3. The fourth-order valence-electron chi connectivity index (χ4n) is 3.35. The highest BCUT2D eigenvalue weighted by atomic mass is 16.6. The van der Waals surface area contributed by atoms with Gasteiger partial charge in [-0.2, -0.15) is 4.98 Å². The highest BCUT2D eigenvalue weighted by Crippen LogP contribution is 2.41. The molecule has 0 radical (unpaired) electrons. The van der Waals surface area contributed by atoms with Crippen molar-refractivity contribution < 1.29 is 23.7 Å². The minimum absolute atomic E-state index is 0.128. The fourth-order valence-corrected chi connectivity index (χ4v) is 3.35. The van der Waals surface area contributed by atoms with Gasteiger partial charge in [0.05, 0.1) is 38.2 Å². The van der Waals surface area contributed by atoms with E-state index in [2.05, 4.69) is 9.97 Å². The van der Waals surface area contributed by atoms with Gasteiger partial charge in [0, 0.05) is 18.8 Å². The van der Waals surface area contributed by atoms with E-state index in [0.29, 0.717) is 19.0 Å². The molecule has 2 bridgehead atoms. The van der Waals surface area contributed by atoms with Crippen LogP contribution in [0.1, 0.15) is 42.7 Å². The Hall–Kier alpha value is -2.19. The first-order chi connectivity index (χ1) is 12.0. The van der Waals surface area contributed by atoms with Crippen LogP contribution in [0.2, 0.25) is 0 Å². The number of methoxy groups -OCH3 is 1. The van der Waals surface area contributed by atoms with Crippen LogP contribution in [0.25, 0.3) is 5.78 Å². The fraction of sp³-hybridized carbons (Fsp3) is 0.588. The number of esters is 1. The molecule has 2 unspecified atom stereocenters. The molecule has 4 heterocycles. The van der Waals surface area contributed by atoms with Crippen molar-refractivity contribution in [3.63, 3.8) is 0 Å². The number of carbonyl (C=O) groups is 1. The monoisotopic (exact) mass is 347 g/mol. The van der Waals surface area contributed by atoms with Crippen LogP contribution in [0.3, 0.4) is 0 Å². The van der Waals surface area contributed by atoms with Crippen LogP contribution >= 0.6 is 0 Å². The normalized spacial score (nSPS) is 25.5. The number of hydrogen-bond acceptors (Lipinski definition) is 7. The van der Waals surface area contributed by atoms with Gasteiger partial charge in [0.1, 0.15) is 11.2 Å². The van der Waals surface area contributed by atoms with Gasteiger partial charge in [0.15, 0.2) is 0 Å². The molecule has 0 aliphatic carbocycles. The van der Waals surface area contributed by atoms with Gasteiger partial charge in [-0.3, -0.25) is 4.40 Å². The summed E-state index contributed by atoms with van der Waals surface area (Å²) in [7, 11) is 1.33. The molecule has 0 saturated carbocycles. The van der Waals surface area contributed by atoms with E-state index in [1.54, 1.807) is 10.6 Å². The SMILES string of the molecule is COC(=O)c1cn2cc(C34COC(CCO3)C4)nc2nc1OC(C)C. The van der Waals surface area contributed by atoms with Crippen LogP contribution in [0.5, 0.6) is 5.88 Å². The number of imidazole rings is 1. The summed E-state index contributed by atoms with van der Waals surface area (Å²) < 4.78 is 24.0. The van der Waals surface area contributed by atoms with E-state index in [1.807, 2.05) is 20.0 Å². The van der Waals surface area contributed by atoms with Crippen molar-refractivity contribution in [3.05, 3.63) is 23.7 Å². The third-order valence-corrected chi connectivity index (χ3v) is 4.56. The minimum atomic E-state index is -0.527. The molecule has 8 heteroatoms. The van der Waals surface area contributed by atoms with Crippen molar-refractivity contribution in [2.75, 3.05) is 20.3 Å². The molecule has 25 heavy (non-hydrogen) atoms. The number of hydrogen-bond donors (Lipinski definition) is 0. The molecule has 2 aromatic heterocycles. The number of rotatable bonds is 4. The Morgan fingerprint density at radius 2 is 2.24 bits per heavy atom. The van der Waals surface area contributed by atoms with Crippen LogP contribution in [0.4, 0.5) is 0 Å². The Kier molecular flexibility index (Phi) is 3.88. The molecule has 0 amide bonds. The lowest BCUT2D eigenvalue weighted by atomic mass is 9.93. The summed E-state index contributed by atoms with van der Waals surface area (Å²) >= 11 is 0. The first-order valence-corrected chi connectivity index (χ1v) is 8.41. The van der Waals surface area contributed by atoms with Crippen molar-refractivity contribution in [2.45, 2.75) is 44.5 Å². The molecule has 8 nitrogen and oxygen atoms in total. The second-order valence-electron chi connectivity index (χ2n) is 6.72. The number of ether oxygens (including phenoxy) is 4. The summed E-state index contributed by atoms with van der Waals surface area (Å²) in [5.74, 6) is 0.163. The average molecular weight is 347 g/mol. The Morgan fingerprint density at radius 1 is 1.40 bits per heavy atom. The van der Waals surface area contributed by atoms with Gasteiger partial charge < -0.3 is 18.9 Å². The van der Waals surface area contributed by atoms with Gasteiger partial charge in [0.25, 0.3) is 0 Å². The molecular formula is C17H21N3O5. The molecule has 0 spiro atoms.